The lowest BCUT2D eigenvalue weighted by atomic mass is 10.5. The van der Waals surface area contributed by atoms with E-state index < -0.39 is 0 Å². The molecule has 0 aromatic rings. The summed E-state index contributed by atoms with van der Waals surface area (Å²) in [6, 6.07) is 0. The molecule has 0 aromatic carbocycles. The summed E-state index contributed by atoms with van der Waals surface area (Å²) in [6.45, 7) is 7.65. The Hall–Kier alpha value is -0.660. The van der Waals surface area contributed by atoms with E-state index in [-0.39, 0.29) is 0 Å². The van der Waals surface area contributed by atoms with E-state index in [1.54, 1.807) is 0 Å². The Morgan fingerprint density at radius 2 is 2.14 bits per heavy atom. The van der Waals surface area contributed by atoms with Crippen LogP contribution in [0.5, 0.6) is 0 Å². The number of hydrogen-bond donors (Lipinski definition) is 0. The summed E-state index contributed by atoms with van der Waals surface area (Å²) in [7, 11) is 0. The molecule has 2 heteroatoms. The van der Waals surface area contributed by atoms with Crippen LogP contribution in [0.2, 0.25) is 0 Å². The maximum Gasteiger partial charge on any atom is 0.128 e. The fraction of sp³-hybridized carbons (Fsp3) is 0.600. The van der Waals surface area contributed by atoms with Crippen molar-refractivity contribution in [3.63, 3.8) is 0 Å². The smallest absolute Gasteiger partial charge is 0.128 e. The van der Waals surface area contributed by atoms with E-state index in [0.717, 1.165) is 5.71 Å². The molecule has 0 aliphatic heterocycles. The quantitative estimate of drug-likeness (QED) is 0.462. The molecule has 0 bridgehead atoms. The molecule has 0 atom stereocenters. The van der Waals surface area contributed by atoms with Crippen LogP contribution in [0.25, 0.3) is 0 Å². The van der Waals surface area contributed by atoms with Gasteiger partial charge in [0.25, 0.3) is 0 Å². The first-order chi connectivity index (χ1) is 3.27. The summed E-state index contributed by atoms with van der Waals surface area (Å²) in [5.74, 6) is 0. The third kappa shape index (κ3) is 5.34. The van der Waals surface area contributed by atoms with Crippen LogP contribution in [0.1, 0.15) is 13.8 Å². The van der Waals surface area contributed by atoms with E-state index >= 15 is 0 Å². The molecular weight excluding hydrogens is 88.1 g/mol. The minimum absolute atomic E-state index is 0.502. The topological polar surface area (TPSA) is 24.7 Å². The maximum atomic E-state index is 3.93. The lowest BCUT2D eigenvalue weighted by Gasteiger charge is -1.82. The molecule has 0 saturated carbocycles. The standard InChI is InChI=1S/C5H10N2/c1-5(2)7-4-6-3/h3-4H2,1-2H3. The van der Waals surface area contributed by atoms with Gasteiger partial charge in [-0.1, -0.05) is 0 Å². The van der Waals surface area contributed by atoms with Crippen LogP contribution in [-0.4, -0.2) is 19.1 Å². The van der Waals surface area contributed by atoms with E-state index in [2.05, 4.69) is 16.7 Å². The first-order valence-electron chi connectivity index (χ1n) is 2.17. The van der Waals surface area contributed by atoms with Crippen LogP contribution in [0, 0.1) is 0 Å². The van der Waals surface area contributed by atoms with Gasteiger partial charge in [-0.15, -0.1) is 0 Å². The molecule has 0 rings (SSSR count). The van der Waals surface area contributed by atoms with Gasteiger partial charge in [-0.05, 0) is 20.6 Å². The van der Waals surface area contributed by atoms with Crippen molar-refractivity contribution >= 4 is 12.4 Å². The first kappa shape index (κ1) is 6.34. The maximum absolute atomic E-state index is 3.93. The van der Waals surface area contributed by atoms with Gasteiger partial charge in [-0.3, -0.25) is 9.98 Å². The van der Waals surface area contributed by atoms with Gasteiger partial charge in [-0.25, -0.2) is 0 Å². The molecule has 0 aliphatic carbocycles. The van der Waals surface area contributed by atoms with Gasteiger partial charge in [0.05, 0.1) is 0 Å². The number of aliphatic imine (C=N–C) groups is 2. The van der Waals surface area contributed by atoms with Crippen molar-refractivity contribution in [1.82, 2.24) is 0 Å². The predicted molar refractivity (Wildman–Crippen MR) is 33.2 cm³/mol. The summed E-state index contributed by atoms with van der Waals surface area (Å²) < 4.78 is 0. The third-order valence-corrected chi connectivity index (χ3v) is 0.487. The van der Waals surface area contributed by atoms with Crippen molar-refractivity contribution in [2.75, 3.05) is 6.67 Å². The van der Waals surface area contributed by atoms with Crippen molar-refractivity contribution in [2.24, 2.45) is 9.98 Å². The number of rotatable bonds is 2. The highest BCUT2D eigenvalue weighted by atomic mass is 14.9. The van der Waals surface area contributed by atoms with Crippen molar-refractivity contribution < 1.29 is 0 Å². The summed E-state index contributed by atoms with van der Waals surface area (Å²) in [6.07, 6.45) is 0. The molecule has 7 heavy (non-hydrogen) atoms. The van der Waals surface area contributed by atoms with Crippen LogP contribution in [0.3, 0.4) is 0 Å². The molecular formula is C5H10N2. The largest absolute Gasteiger partial charge is 0.278 e. The van der Waals surface area contributed by atoms with E-state index in [0.29, 0.717) is 6.67 Å². The Bertz CT molecular complexity index is 80.1. The molecule has 0 amide bonds. The number of hydrogen-bond acceptors (Lipinski definition) is 2. The zero-order valence-electron chi connectivity index (χ0n) is 4.81. The summed E-state index contributed by atoms with van der Waals surface area (Å²) >= 11 is 0. The van der Waals surface area contributed by atoms with Crippen molar-refractivity contribution in [3.8, 4) is 0 Å². The monoisotopic (exact) mass is 98.1 g/mol. The Morgan fingerprint density at radius 1 is 1.57 bits per heavy atom. The van der Waals surface area contributed by atoms with E-state index in [4.69, 9.17) is 0 Å². The summed E-state index contributed by atoms with van der Waals surface area (Å²) in [5, 5.41) is 0. The lowest BCUT2D eigenvalue weighted by Crippen LogP contribution is -1.81. The molecule has 0 fully saturated rings. The molecule has 0 N–H and O–H groups in total. The zero-order valence-corrected chi connectivity index (χ0v) is 4.81. The van der Waals surface area contributed by atoms with Crippen LogP contribution in [0.4, 0.5) is 0 Å². The summed E-state index contributed by atoms with van der Waals surface area (Å²) in [5.41, 5.74) is 1.05. The molecule has 0 radical (unpaired) electrons. The minimum Gasteiger partial charge on any atom is -0.278 e. The van der Waals surface area contributed by atoms with Gasteiger partial charge in [0, 0.05) is 5.71 Å². The average molecular weight is 98.1 g/mol. The normalized spacial score (nSPS) is 7.71. The highest BCUT2D eigenvalue weighted by molar-refractivity contribution is 5.79. The molecule has 0 unspecified atom stereocenters. The SMILES string of the molecule is C=NCN=C(C)C. The van der Waals surface area contributed by atoms with Crippen molar-refractivity contribution in [3.05, 3.63) is 0 Å². The average Bonchev–Trinajstić information content (AvgIpc) is 1.61. The fourth-order valence-corrected chi connectivity index (χ4v) is 0.191. The predicted octanol–water partition coefficient (Wildman–Crippen LogP) is 1.13. The van der Waals surface area contributed by atoms with Gasteiger partial charge in [0.15, 0.2) is 0 Å². The van der Waals surface area contributed by atoms with Gasteiger partial charge in [0.2, 0.25) is 0 Å². The Labute approximate surface area is 44.0 Å². The first-order valence-corrected chi connectivity index (χ1v) is 2.17. The Morgan fingerprint density at radius 3 is 2.29 bits per heavy atom. The van der Waals surface area contributed by atoms with E-state index in [9.17, 15) is 0 Å². The minimum atomic E-state index is 0.502. The molecule has 0 aliphatic rings. The molecule has 40 valence electrons. The highest BCUT2D eigenvalue weighted by Gasteiger charge is 1.70. The third-order valence-electron chi connectivity index (χ3n) is 0.487. The van der Waals surface area contributed by atoms with Gasteiger partial charge in [0.1, 0.15) is 6.67 Å². The van der Waals surface area contributed by atoms with E-state index in [1.807, 2.05) is 13.8 Å². The van der Waals surface area contributed by atoms with Gasteiger partial charge in [-0.2, -0.15) is 0 Å². The fourth-order valence-electron chi connectivity index (χ4n) is 0.191. The van der Waals surface area contributed by atoms with Crippen molar-refractivity contribution in [1.29, 1.82) is 0 Å². The Balaban J connectivity index is 3.25. The number of nitrogens with zero attached hydrogens (tertiary/aromatic N) is 2. The summed E-state index contributed by atoms with van der Waals surface area (Å²) in [4.78, 5) is 7.47. The zero-order chi connectivity index (χ0) is 5.70. The molecule has 0 heterocycles. The van der Waals surface area contributed by atoms with Gasteiger partial charge >= 0.3 is 0 Å². The Kier molecular flexibility index (Phi) is 3.19. The molecule has 2 nitrogen and oxygen atoms in total. The highest BCUT2D eigenvalue weighted by Crippen LogP contribution is 1.73. The van der Waals surface area contributed by atoms with Crippen LogP contribution >= 0.6 is 0 Å². The van der Waals surface area contributed by atoms with Crippen LogP contribution in [-0.2, 0) is 0 Å². The molecule has 0 spiro atoms. The molecule has 0 saturated heterocycles. The van der Waals surface area contributed by atoms with Crippen molar-refractivity contribution in [2.45, 2.75) is 13.8 Å². The molecule has 0 aromatic heterocycles. The van der Waals surface area contributed by atoms with Crippen LogP contribution in [0.15, 0.2) is 9.98 Å². The second-order valence-corrected chi connectivity index (χ2v) is 1.47. The van der Waals surface area contributed by atoms with Crippen LogP contribution < -0.4 is 0 Å². The lowest BCUT2D eigenvalue weighted by molar-refractivity contribution is 1.07. The van der Waals surface area contributed by atoms with Gasteiger partial charge < -0.3 is 0 Å². The second-order valence-electron chi connectivity index (χ2n) is 1.47. The second kappa shape index (κ2) is 3.53. The van der Waals surface area contributed by atoms with E-state index in [1.165, 1.54) is 0 Å².